The second-order valence-electron chi connectivity index (χ2n) is 4.16. The van der Waals surface area contributed by atoms with Gasteiger partial charge in [-0.3, -0.25) is 0 Å². The summed E-state index contributed by atoms with van der Waals surface area (Å²) in [5.74, 6) is 0. The Morgan fingerprint density at radius 2 is 1.40 bits per heavy atom. The summed E-state index contributed by atoms with van der Waals surface area (Å²) in [5.41, 5.74) is -0.375. The molecule has 1 aromatic heterocycles. The van der Waals surface area contributed by atoms with Gasteiger partial charge in [-0.2, -0.15) is 0 Å². The third-order valence-corrected chi connectivity index (χ3v) is 2.54. The van der Waals surface area contributed by atoms with E-state index >= 15 is 0 Å². The molecule has 1 aromatic rings. The topological polar surface area (TPSA) is 57.1 Å². The van der Waals surface area contributed by atoms with Gasteiger partial charge in [0.2, 0.25) is 0 Å². The van der Waals surface area contributed by atoms with Gasteiger partial charge in [0.05, 0.1) is 23.6 Å². The van der Waals surface area contributed by atoms with Gasteiger partial charge in [0.25, 0.3) is 0 Å². The maximum atomic E-state index is 5.21. The van der Waals surface area contributed by atoms with Crippen LogP contribution in [0.1, 0.15) is 27.7 Å². The molecule has 0 aliphatic carbocycles. The zero-order valence-corrected chi connectivity index (χ0v) is 9.47. The summed E-state index contributed by atoms with van der Waals surface area (Å²) in [6.07, 6.45) is 3.15. The third-order valence-electron chi connectivity index (χ3n) is 2.54. The van der Waals surface area contributed by atoms with Crippen molar-refractivity contribution < 1.29 is 9.31 Å². The van der Waals surface area contributed by atoms with E-state index in [1.807, 2.05) is 27.7 Å². The summed E-state index contributed by atoms with van der Waals surface area (Å²) in [4.78, 5) is 0. The number of hydrogen-bond donors (Lipinski definition) is 0. The van der Waals surface area contributed by atoms with Crippen LogP contribution in [0.5, 0.6) is 0 Å². The first-order valence-electron chi connectivity index (χ1n) is 4.71. The van der Waals surface area contributed by atoms with E-state index in [0.717, 1.165) is 0 Å². The maximum absolute atomic E-state index is 5.21. The van der Waals surface area contributed by atoms with E-state index in [4.69, 9.17) is 9.31 Å². The van der Waals surface area contributed by atoms with Crippen LogP contribution >= 0.6 is 0 Å². The highest BCUT2D eigenvalue weighted by molar-refractivity contribution is 6.19. The van der Waals surface area contributed by atoms with E-state index in [2.05, 4.69) is 15.4 Å². The van der Waals surface area contributed by atoms with Crippen molar-refractivity contribution in [2.24, 2.45) is 0 Å². The Bertz CT molecular complexity index is 252. The van der Waals surface area contributed by atoms with Crippen LogP contribution < -0.4 is 0 Å². The lowest BCUT2D eigenvalue weighted by atomic mass is 9.90. The highest BCUT2D eigenvalue weighted by Gasteiger charge is 2.44. The van der Waals surface area contributed by atoms with Gasteiger partial charge in [-0.15, -0.1) is 10.2 Å². The van der Waals surface area contributed by atoms with Crippen molar-refractivity contribution in [3.05, 3.63) is 18.5 Å². The number of aromatic nitrogens is 3. The molecule has 1 aliphatic rings. The molecule has 0 spiro atoms. The molecule has 1 fully saturated rings. The van der Waals surface area contributed by atoms with Crippen LogP contribution in [0.4, 0.5) is 0 Å². The largest absolute Gasteiger partial charge is 0.488 e. The Balaban J connectivity index is 0.000000162. The molecule has 6 heteroatoms. The van der Waals surface area contributed by atoms with Gasteiger partial charge in [0.15, 0.2) is 0 Å². The van der Waals surface area contributed by atoms with Crippen molar-refractivity contribution in [2.45, 2.75) is 38.9 Å². The molecule has 2 rings (SSSR count). The van der Waals surface area contributed by atoms with Gasteiger partial charge in [-0.25, -0.2) is 0 Å². The second-order valence-corrected chi connectivity index (χ2v) is 4.16. The first-order valence-corrected chi connectivity index (χ1v) is 4.71. The molecule has 0 atom stereocenters. The molecule has 15 heavy (non-hydrogen) atoms. The SMILES string of the molecule is CC1(C)O[B]OC1(C)C.c1cnnnc1. The minimum absolute atomic E-state index is 0.187. The van der Waals surface area contributed by atoms with Crippen molar-refractivity contribution in [1.29, 1.82) is 0 Å². The molecule has 1 aliphatic heterocycles. The van der Waals surface area contributed by atoms with E-state index < -0.39 is 0 Å². The van der Waals surface area contributed by atoms with E-state index in [1.165, 1.54) is 7.69 Å². The minimum atomic E-state index is -0.188. The van der Waals surface area contributed by atoms with Gasteiger partial charge in [0.1, 0.15) is 0 Å². The van der Waals surface area contributed by atoms with Crippen molar-refractivity contribution in [2.75, 3.05) is 0 Å². The number of rotatable bonds is 0. The van der Waals surface area contributed by atoms with Crippen LogP contribution in [0.2, 0.25) is 0 Å². The van der Waals surface area contributed by atoms with Gasteiger partial charge in [-0.1, -0.05) is 0 Å². The van der Waals surface area contributed by atoms with Crippen LogP contribution in [0.15, 0.2) is 18.5 Å². The quantitative estimate of drug-likeness (QED) is 0.595. The van der Waals surface area contributed by atoms with Gasteiger partial charge in [0, 0.05) is 0 Å². The summed E-state index contributed by atoms with van der Waals surface area (Å²) < 4.78 is 10.4. The van der Waals surface area contributed by atoms with Crippen LogP contribution in [-0.2, 0) is 9.31 Å². The average molecular weight is 208 g/mol. The Labute approximate surface area is 90.5 Å². The first kappa shape index (κ1) is 12.1. The average Bonchev–Trinajstić information content (AvgIpc) is 2.43. The van der Waals surface area contributed by atoms with E-state index in [1.54, 1.807) is 18.5 Å². The molecule has 1 saturated heterocycles. The summed E-state index contributed by atoms with van der Waals surface area (Å²) in [5, 5.41) is 10.1. The van der Waals surface area contributed by atoms with E-state index in [-0.39, 0.29) is 11.2 Å². The Hall–Kier alpha value is -1.01. The summed E-state index contributed by atoms with van der Waals surface area (Å²) in [7, 11) is 1.42. The van der Waals surface area contributed by atoms with Crippen LogP contribution in [-0.4, -0.2) is 34.3 Å². The van der Waals surface area contributed by atoms with Crippen molar-refractivity contribution in [3.63, 3.8) is 0 Å². The summed E-state index contributed by atoms with van der Waals surface area (Å²) in [6, 6.07) is 1.72. The molecule has 0 saturated carbocycles. The zero-order chi connectivity index (χ0) is 11.4. The zero-order valence-electron chi connectivity index (χ0n) is 9.47. The van der Waals surface area contributed by atoms with Gasteiger partial charge < -0.3 is 9.31 Å². The van der Waals surface area contributed by atoms with E-state index in [9.17, 15) is 0 Å². The first-order chi connectivity index (χ1) is 6.96. The monoisotopic (exact) mass is 208 g/mol. The van der Waals surface area contributed by atoms with Crippen molar-refractivity contribution in [3.8, 4) is 0 Å². The Kier molecular flexibility index (Phi) is 3.76. The fraction of sp³-hybridized carbons (Fsp3) is 0.667. The maximum Gasteiger partial charge on any atom is 0.488 e. The lowest BCUT2D eigenvalue weighted by Crippen LogP contribution is -2.41. The molecule has 2 heterocycles. The van der Waals surface area contributed by atoms with Crippen LogP contribution in [0.3, 0.4) is 0 Å². The van der Waals surface area contributed by atoms with Gasteiger partial charge in [-0.05, 0) is 39.0 Å². The molecule has 0 N–H and O–H groups in total. The van der Waals surface area contributed by atoms with Crippen LogP contribution in [0.25, 0.3) is 0 Å². The standard InChI is InChI=1S/C6H12BO2.C3H3N3/c1-5(2)6(3,4)9-7-8-5;1-2-4-6-5-3-1/h1-4H3;1-3H. The normalized spacial score (nSPS) is 21.1. The summed E-state index contributed by atoms with van der Waals surface area (Å²) in [6.45, 7) is 8.04. The van der Waals surface area contributed by atoms with Crippen molar-refractivity contribution in [1.82, 2.24) is 15.4 Å². The number of hydrogen-bond acceptors (Lipinski definition) is 5. The molecule has 81 valence electrons. The smallest absolute Gasteiger partial charge is 0.405 e. The lowest BCUT2D eigenvalue weighted by molar-refractivity contribution is 0.00578. The Morgan fingerprint density at radius 3 is 1.53 bits per heavy atom. The fourth-order valence-electron chi connectivity index (χ4n) is 0.753. The molecule has 1 radical (unpaired) electrons. The summed E-state index contributed by atoms with van der Waals surface area (Å²) >= 11 is 0. The number of nitrogens with zero attached hydrogens (tertiary/aromatic N) is 3. The van der Waals surface area contributed by atoms with Crippen LogP contribution in [0, 0.1) is 0 Å². The minimum Gasteiger partial charge on any atom is -0.405 e. The molecule has 0 unspecified atom stereocenters. The molecular formula is C9H15BN3O2. The third kappa shape index (κ3) is 3.25. The highest BCUT2D eigenvalue weighted by Crippen LogP contribution is 2.33. The second kappa shape index (κ2) is 4.68. The van der Waals surface area contributed by atoms with Crippen molar-refractivity contribution >= 4 is 7.69 Å². The van der Waals surface area contributed by atoms with Gasteiger partial charge >= 0.3 is 7.69 Å². The molecule has 0 bridgehead atoms. The van der Waals surface area contributed by atoms with E-state index in [0.29, 0.717) is 0 Å². The predicted molar refractivity (Wildman–Crippen MR) is 55.9 cm³/mol. The Morgan fingerprint density at radius 1 is 0.933 bits per heavy atom. The molecular weight excluding hydrogens is 193 g/mol. The lowest BCUT2D eigenvalue weighted by Gasteiger charge is -2.32. The predicted octanol–water partition coefficient (Wildman–Crippen LogP) is 0.996. The highest BCUT2D eigenvalue weighted by atomic mass is 16.7. The molecule has 0 amide bonds. The fourth-order valence-corrected chi connectivity index (χ4v) is 0.753. The molecule has 0 aromatic carbocycles. The molecule has 5 nitrogen and oxygen atoms in total.